The Bertz CT molecular complexity index is 1040. The van der Waals surface area contributed by atoms with Crippen LogP contribution in [0.1, 0.15) is 36.8 Å². The Morgan fingerprint density at radius 2 is 1.72 bits per heavy atom. The summed E-state index contributed by atoms with van der Waals surface area (Å²) < 4.78 is 13.4. The van der Waals surface area contributed by atoms with Gasteiger partial charge in [0.15, 0.2) is 0 Å². The van der Waals surface area contributed by atoms with Crippen LogP contribution in [0.15, 0.2) is 42.5 Å². The Balaban J connectivity index is 1.67. The first-order chi connectivity index (χ1) is 12.0. The highest BCUT2D eigenvalue weighted by molar-refractivity contribution is 6.21. The maximum atomic E-state index is 13.4. The van der Waals surface area contributed by atoms with Gasteiger partial charge in [-0.1, -0.05) is 17.2 Å². The number of hydrogen-bond donors (Lipinski definition) is 1. The molecule has 0 saturated carbocycles. The number of nitrogens with zero attached hydrogens (tertiary/aromatic N) is 1. The van der Waals surface area contributed by atoms with Crippen molar-refractivity contribution in [2.75, 3.05) is 0 Å². The predicted molar refractivity (Wildman–Crippen MR) is 85.4 cm³/mol. The molecule has 0 saturated heterocycles. The largest absolute Gasteiger partial charge is 0.380 e. The van der Waals surface area contributed by atoms with Crippen molar-refractivity contribution in [3.05, 3.63) is 70.7 Å². The van der Waals surface area contributed by atoms with E-state index in [4.69, 9.17) is 4.84 Å². The average molecular weight is 338 g/mol. The molecule has 3 aromatic rings. The lowest BCUT2D eigenvalue weighted by Gasteiger charge is -2.12. The van der Waals surface area contributed by atoms with Crippen molar-refractivity contribution in [3.8, 4) is 0 Å². The summed E-state index contributed by atoms with van der Waals surface area (Å²) in [7, 11) is 0. The summed E-state index contributed by atoms with van der Waals surface area (Å²) in [5.74, 6) is -2.74. The molecule has 0 fully saturated rings. The summed E-state index contributed by atoms with van der Waals surface area (Å²) in [6.45, 7) is 1.62. The van der Waals surface area contributed by atoms with Crippen molar-refractivity contribution in [3.63, 3.8) is 0 Å². The lowest BCUT2D eigenvalue weighted by Crippen LogP contribution is -2.33. The molecule has 25 heavy (non-hydrogen) atoms. The van der Waals surface area contributed by atoms with Crippen molar-refractivity contribution in [1.29, 1.82) is 0 Å². The zero-order valence-electron chi connectivity index (χ0n) is 13.0. The van der Waals surface area contributed by atoms with Crippen molar-refractivity contribution in [1.82, 2.24) is 10.0 Å². The summed E-state index contributed by atoms with van der Waals surface area (Å²) in [5, 5.41) is 0.965. The fraction of sp³-hybridized carbons (Fsp3) is 0.0556. The van der Waals surface area contributed by atoms with Crippen LogP contribution in [0.2, 0.25) is 0 Å². The van der Waals surface area contributed by atoms with Gasteiger partial charge in [-0.3, -0.25) is 9.59 Å². The van der Waals surface area contributed by atoms with Crippen LogP contribution in [0.3, 0.4) is 0 Å². The zero-order valence-corrected chi connectivity index (χ0v) is 13.0. The third kappa shape index (κ3) is 2.20. The second-order valence-electron chi connectivity index (χ2n) is 5.64. The number of benzene rings is 2. The Labute approximate surface area is 140 Å². The normalized spacial score (nSPS) is 13.4. The van der Waals surface area contributed by atoms with E-state index < -0.39 is 23.6 Å². The number of carbonyl (C=O) groups excluding carboxylic acids is 3. The number of rotatable bonds is 2. The van der Waals surface area contributed by atoms with E-state index in [1.807, 2.05) is 0 Å². The molecule has 0 unspecified atom stereocenters. The molecule has 7 heteroatoms. The molecule has 1 aromatic heterocycles. The molecule has 2 amide bonds. The van der Waals surface area contributed by atoms with Crippen LogP contribution in [-0.2, 0) is 4.84 Å². The molecule has 1 aliphatic rings. The van der Waals surface area contributed by atoms with E-state index in [1.54, 1.807) is 19.1 Å². The van der Waals surface area contributed by atoms with Crippen LogP contribution in [0.25, 0.3) is 10.9 Å². The molecule has 0 atom stereocenters. The number of halogens is 1. The van der Waals surface area contributed by atoms with Crippen LogP contribution in [0, 0.1) is 12.7 Å². The monoisotopic (exact) mass is 338 g/mol. The number of hydrogen-bond acceptors (Lipinski definition) is 4. The first-order valence-corrected chi connectivity index (χ1v) is 7.45. The van der Waals surface area contributed by atoms with E-state index in [-0.39, 0.29) is 16.8 Å². The van der Waals surface area contributed by atoms with Crippen molar-refractivity contribution < 1.29 is 23.6 Å². The van der Waals surface area contributed by atoms with Crippen molar-refractivity contribution in [2.45, 2.75) is 6.92 Å². The highest BCUT2D eigenvalue weighted by atomic mass is 19.1. The fourth-order valence-corrected chi connectivity index (χ4v) is 2.88. The summed E-state index contributed by atoms with van der Waals surface area (Å²) in [5.41, 5.74) is 1.42. The second kappa shape index (κ2) is 5.27. The highest BCUT2D eigenvalue weighted by Crippen LogP contribution is 2.26. The lowest BCUT2D eigenvalue weighted by molar-refractivity contribution is -0.0588. The van der Waals surface area contributed by atoms with Gasteiger partial charge in [-0.2, -0.15) is 0 Å². The molecule has 124 valence electrons. The second-order valence-corrected chi connectivity index (χ2v) is 5.64. The molecule has 0 bridgehead atoms. The topological polar surface area (TPSA) is 79.5 Å². The number of imide groups is 1. The van der Waals surface area contributed by atoms with Gasteiger partial charge in [-0.15, -0.1) is 0 Å². The molecule has 6 nitrogen and oxygen atoms in total. The Morgan fingerprint density at radius 3 is 2.36 bits per heavy atom. The van der Waals surface area contributed by atoms with Crippen LogP contribution >= 0.6 is 0 Å². The van der Waals surface area contributed by atoms with E-state index in [1.165, 1.54) is 30.3 Å². The quantitative estimate of drug-likeness (QED) is 0.729. The number of aromatic amines is 1. The van der Waals surface area contributed by atoms with Gasteiger partial charge in [0.05, 0.1) is 11.1 Å². The van der Waals surface area contributed by atoms with Crippen molar-refractivity contribution in [2.24, 2.45) is 0 Å². The number of fused-ring (bicyclic) bond motifs is 2. The van der Waals surface area contributed by atoms with Crippen LogP contribution in [0.5, 0.6) is 0 Å². The lowest BCUT2D eigenvalue weighted by atomic mass is 10.1. The molecule has 1 N–H and O–H groups in total. The van der Waals surface area contributed by atoms with E-state index in [0.717, 1.165) is 0 Å². The fourth-order valence-electron chi connectivity index (χ4n) is 2.88. The third-order valence-corrected chi connectivity index (χ3v) is 4.16. The molecule has 0 radical (unpaired) electrons. The van der Waals surface area contributed by atoms with Gasteiger partial charge in [0.1, 0.15) is 11.5 Å². The number of nitrogens with one attached hydrogen (secondary N) is 1. The molecular weight excluding hydrogens is 327 g/mol. The van der Waals surface area contributed by atoms with Crippen molar-refractivity contribution >= 4 is 28.7 Å². The van der Waals surface area contributed by atoms with E-state index in [9.17, 15) is 18.8 Å². The van der Waals surface area contributed by atoms with Gasteiger partial charge in [0.2, 0.25) is 0 Å². The van der Waals surface area contributed by atoms with E-state index in [0.29, 0.717) is 21.5 Å². The van der Waals surface area contributed by atoms with Gasteiger partial charge >= 0.3 is 5.97 Å². The number of aromatic nitrogens is 1. The first kappa shape index (κ1) is 15.1. The molecule has 2 heterocycles. The van der Waals surface area contributed by atoms with E-state index >= 15 is 0 Å². The number of amides is 2. The third-order valence-electron chi connectivity index (χ3n) is 4.16. The first-order valence-electron chi connectivity index (χ1n) is 7.45. The van der Waals surface area contributed by atoms with Gasteiger partial charge in [0.25, 0.3) is 11.8 Å². The Kier molecular flexibility index (Phi) is 3.18. The Hall–Kier alpha value is -3.48. The summed E-state index contributed by atoms with van der Waals surface area (Å²) in [4.78, 5) is 44.8. The zero-order chi connectivity index (χ0) is 17.7. The van der Waals surface area contributed by atoms with Crippen LogP contribution < -0.4 is 0 Å². The maximum Gasteiger partial charge on any atom is 0.380 e. The van der Waals surface area contributed by atoms with Crippen LogP contribution in [-0.4, -0.2) is 27.8 Å². The smallest absolute Gasteiger partial charge is 0.349 e. The number of H-pyrrole nitrogens is 1. The van der Waals surface area contributed by atoms with E-state index in [2.05, 4.69) is 4.98 Å². The SMILES string of the molecule is Cc1c(C(=O)ON2C(=O)c3ccccc3C2=O)[nH]c2ccc(F)cc12. The molecule has 4 rings (SSSR count). The van der Waals surface area contributed by atoms with Gasteiger partial charge in [-0.25, -0.2) is 9.18 Å². The average Bonchev–Trinajstić information content (AvgIpc) is 3.05. The number of carbonyl (C=O) groups is 3. The van der Waals surface area contributed by atoms with Gasteiger partial charge in [-0.05, 0) is 42.8 Å². The Morgan fingerprint density at radius 1 is 1.08 bits per heavy atom. The van der Waals surface area contributed by atoms with Gasteiger partial charge in [0, 0.05) is 10.9 Å². The summed E-state index contributed by atoms with van der Waals surface area (Å²) >= 11 is 0. The number of aryl methyl sites for hydroxylation is 1. The van der Waals surface area contributed by atoms with Crippen LogP contribution in [0.4, 0.5) is 4.39 Å². The maximum absolute atomic E-state index is 13.4. The minimum absolute atomic E-state index is 0.0529. The number of hydroxylamine groups is 2. The molecular formula is C18H11FN2O4. The highest BCUT2D eigenvalue weighted by Gasteiger charge is 2.39. The summed E-state index contributed by atoms with van der Waals surface area (Å²) in [6, 6.07) is 10.3. The predicted octanol–water partition coefficient (Wildman–Crippen LogP) is 2.98. The minimum atomic E-state index is -0.899. The molecule has 2 aromatic carbocycles. The molecule has 1 aliphatic heterocycles. The summed E-state index contributed by atoms with van der Waals surface area (Å²) in [6.07, 6.45) is 0. The molecule has 0 spiro atoms. The van der Waals surface area contributed by atoms with Gasteiger partial charge < -0.3 is 9.82 Å². The molecule has 0 aliphatic carbocycles. The standard InChI is InChI=1S/C18H11FN2O4/c1-9-13-8-10(19)6-7-14(13)20-15(9)18(24)25-21-16(22)11-4-2-3-5-12(11)17(21)23/h2-8,20H,1H3. The minimum Gasteiger partial charge on any atom is -0.349 e.